The van der Waals surface area contributed by atoms with Gasteiger partial charge in [-0.3, -0.25) is 0 Å². The summed E-state index contributed by atoms with van der Waals surface area (Å²) in [5.41, 5.74) is 0. The van der Waals surface area contributed by atoms with Crippen LogP contribution in [0.5, 0.6) is 0 Å². The number of rotatable bonds is 5. The third-order valence-corrected chi connectivity index (χ3v) is 4.80. The van der Waals surface area contributed by atoms with Crippen LogP contribution in [0.3, 0.4) is 0 Å². The van der Waals surface area contributed by atoms with Crippen LogP contribution in [0, 0.1) is 0 Å². The molecule has 0 saturated heterocycles. The van der Waals surface area contributed by atoms with Crippen molar-refractivity contribution in [2.75, 3.05) is 23.5 Å². The van der Waals surface area contributed by atoms with Gasteiger partial charge in [0.25, 0.3) is 0 Å². The van der Waals surface area contributed by atoms with Crippen molar-refractivity contribution in [1.29, 1.82) is 0 Å². The van der Waals surface area contributed by atoms with Crippen LogP contribution >= 0.6 is 15.9 Å². The quantitative estimate of drug-likeness (QED) is 0.822. The molecule has 0 aliphatic rings. The second-order valence-electron chi connectivity index (χ2n) is 3.86. The lowest BCUT2D eigenvalue weighted by Gasteiger charge is -2.24. The standard InChI is InChI=1S/C10H16BrN3O2S/c1-4-17(15,16)7-8(2)14(3)10-12-5-9(11)6-13-10/h5-6,8H,4,7H2,1-3H3. The molecular formula is C10H16BrN3O2S. The highest BCUT2D eigenvalue weighted by Crippen LogP contribution is 2.12. The molecule has 5 nitrogen and oxygen atoms in total. The summed E-state index contributed by atoms with van der Waals surface area (Å²) in [5.74, 6) is 0.790. The number of aromatic nitrogens is 2. The predicted octanol–water partition coefficient (Wildman–Crippen LogP) is 1.50. The zero-order valence-electron chi connectivity index (χ0n) is 10.1. The van der Waals surface area contributed by atoms with Gasteiger partial charge < -0.3 is 4.90 Å². The molecule has 1 rings (SSSR count). The Morgan fingerprint density at radius 2 is 1.94 bits per heavy atom. The maximum atomic E-state index is 11.5. The summed E-state index contributed by atoms with van der Waals surface area (Å²) in [5, 5.41) is 0. The van der Waals surface area contributed by atoms with Crippen molar-refractivity contribution >= 4 is 31.7 Å². The van der Waals surface area contributed by atoms with E-state index in [2.05, 4.69) is 25.9 Å². The van der Waals surface area contributed by atoms with Crippen LogP contribution < -0.4 is 4.90 Å². The Hall–Kier alpha value is -0.690. The van der Waals surface area contributed by atoms with Crippen LogP contribution in [0.1, 0.15) is 13.8 Å². The summed E-state index contributed by atoms with van der Waals surface area (Å²) in [6.45, 7) is 3.50. The average molecular weight is 322 g/mol. The van der Waals surface area contributed by atoms with Gasteiger partial charge in [-0.25, -0.2) is 18.4 Å². The van der Waals surface area contributed by atoms with Gasteiger partial charge in [0.05, 0.1) is 10.2 Å². The fourth-order valence-corrected chi connectivity index (χ4v) is 2.68. The van der Waals surface area contributed by atoms with Crippen LogP contribution in [0.15, 0.2) is 16.9 Å². The molecule has 1 heterocycles. The molecule has 0 aromatic carbocycles. The highest BCUT2D eigenvalue weighted by Gasteiger charge is 2.19. The molecule has 0 N–H and O–H groups in total. The molecule has 0 spiro atoms. The van der Waals surface area contributed by atoms with Gasteiger partial charge in [-0.15, -0.1) is 0 Å². The molecular weight excluding hydrogens is 306 g/mol. The highest BCUT2D eigenvalue weighted by atomic mass is 79.9. The normalized spacial score (nSPS) is 13.4. The first-order chi connectivity index (χ1) is 7.85. The first-order valence-corrected chi connectivity index (χ1v) is 7.88. The molecule has 96 valence electrons. The zero-order valence-corrected chi connectivity index (χ0v) is 12.5. The molecule has 17 heavy (non-hydrogen) atoms. The fraction of sp³-hybridized carbons (Fsp3) is 0.600. The summed E-state index contributed by atoms with van der Waals surface area (Å²) in [6.07, 6.45) is 3.28. The summed E-state index contributed by atoms with van der Waals surface area (Å²) < 4.78 is 23.8. The van der Waals surface area contributed by atoms with E-state index in [1.54, 1.807) is 31.3 Å². The monoisotopic (exact) mass is 321 g/mol. The van der Waals surface area contributed by atoms with E-state index < -0.39 is 9.84 Å². The van der Waals surface area contributed by atoms with Gasteiger partial charge >= 0.3 is 0 Å². The largest absolute Gasteiger partial charge is 0.340 e. The van der Waals surface area contributed by atoms with Gasteiger partial charge in [-0.05, 0) is 22.9 Å². The van der Waals surface area contributed by atoms with Crippen LogP contribution in [0.4, 0.5) is 5.95 Å². The molecule has 0 aliphatic heterocycles. The van der Waals surface area contributed by atoms with Crippen LogP contribution in [-0.4, -0.2) is 43.0 Å². The average Bonchev–Trinajstić information content (AvgIpc) is 2.28. The van der Waals surface area contributed by atoms with E-state index in [1.807, 2.05) is 6.92 Å². The molecule has 1 aromatic rings. The number of nitrogens with zero attached hydrogens (tertiary/aromatic N) is 3. The molecule has 1 unspecified atom stereocenters. The molecule has 0 amide bonds. The Morgan fingerprint density at radius 1 is 1.41 bits per heavy atom. The number of halogens is 1. The van der Waals surface area contributed by atoms with Crippen molar-refractivity contribution < 1.29 is 8.42 Å². The summed E-state index contributed by atoms with van der Waals surface area (Å²) in [4.78, 5) is 10.0. The van der Waals surface area contributed by atoms with E-state index in [1.165, 1.54) is 0 Å². The van der Waals surface area contributed by atoms with Crippen molar-refractivity contribution in [3.63, 3.8) is 0 Å². The van der Waals surface area contributed by atoms with Crippen molar-refractivity contribution in [3.05, 3.63) is 16.9 Å². The zero-order chi connectivity index (χ0) is 13.1. The van der Waals surface area contributed by atoms with Crippen LogP contribution in [-0.2, 0) is 9.84 Å². The Balaban J connectivity index is 2.76. The molecule has 0 radical (unpaired) electrons. The lowest BCUT2D eigenvalue weighted by atomic mass is 10.3. The van der Waals surface area contributed by atoms with E-state index in [4.69, 9.17) is 0 Å². The highest BCUT2D eigenvalue weighted by molar-refractivity contribution is 9.10. The molecule has 1 atom stereocenters. The van der Waals surface area contributed by atoms with Crippen molar-refractivity contribution in [2.24, 2.45) is 0 Å². The Bertz CT molecular complexity index is 461. The molecule has 0 bridgehead atoms. The maximum absolute atomic E-state index is 11.5. The number of hydrogen-bond donors (Lipinski definition) is 0. The van der Waals surface area contributed by atoms with Gasteiger partial charge in [0.15, 0.2) is 9.84 Å². The van der Waals surface area contributed by atoms with Crippen LogP contribution in [0.25, 0.3) is 0 Å². The summed E-state index contributed by atoms with van der Waals surface area (Å²) in [7, 11) is -1.20. The molecule has 0 fully saturated rings. The third kappa shape index (κ3) is 4.23. The third-order valence-electron chi connectivity index (χ3n) is 2.52. The van der Waals surface area contributed by atoms with E-state index in [0.717, 1.165) is 4.47 Å². The lowest BCUT2D eigenvalue weighted by Crippen LogP contribution is -2.36. The van der Waals surface area contributed by atoms with Gasteiger partial charge in [0.1, 0.15) is 0 Å². The second-order valence-corrected chi connectivity index (χ2v) is 7.17. The number of sulfone groups is 1. The second kappa shape index (κ2) is 5.77. The van der Waals surface area contributed by atoms with E-state index in [9.17, 15) is 8.42 Å². The van der Waals surface area contributed by atoms with Crippen molar-refractivity contribution in [2.45, 2.75) is 19.9 Å². The fourth-order valence-electron chi connectivity index (χ4n) is 1.28. The van der Waals surface area contributed by atoms with E-state index in [0.29, 0.717) is 5.95 Å². The van der Waals surface area contributed by atoms with Crippen molar-refractivity contribution in [3.8, 4) is 0 Å². The van der Waals surface area contributed by atoms with E-state index >= 15 is 0 Å². The maximum Gasteiger partial charge on any atom is 0.225 e. The first-order valence-electron chi connectivity index (χ1n) is 5.26. The molecule has 1 aromatic heterocycles. The minimum Gasteiger partial charge on any atom is -0.340 e. The van der Waals surface area contributed by atoms with Gasteiger partial charge in [0.2, 0.25) is 5.95 Å². The summed E-state index contributed by atoms with van der Waals surface area (Å²) >= 11 is 3.25. The van der Waals surface area contributed by atoms with Gasteiger partial charge in [-0.2, -0.15) is 0 Å². The molecule has 0 saturated carbocycles. The molecule has 7 heteroatoms. The topological polar surface area (TPSA) is 63.2 Å². The first kappa shape index (κ1) is 14.4. The Morgan fingerprint density at radius 3 is 2.41 bits per heavy atom. The van der Waals surface area contributed by atoms with E-state index in [-0.39, 0.29) is 17.5 Å². The smallest absolute Gasteiger partial charge is 0.225 e. The van der Waals surface area contributed by atoms with Crippen LogP contribution in [0.2, 0.25) is 0 Å². The predicted molar refractivity (Wildman–Crippen MR) is 71.9 cm³/mol. The van der Waals surface area contributed by atoms with Crippen molar-refractivity contribution in [1.82, 2.24) is 9.97 Å². The lowest BCUT2D eigenvalue weighted by molar-refractivity contribution is 0.587. The minimum atomic E-state index is -2.99. The Labute approximate surface area is 110 Å². The SMILES string of the molecule is CCS(=O)(=O)CC(C)N(C)c1ncc(Br)cn1. The number of anilines is 1. The van der Waals surface area contributed by atoms with Gasteiger partial charge in [0, 0.05) is 31.2 Å². The Kier molecular flexibility index (Phi) is 4.88. The van der Waals surface area contributed by atoms with Gasteiger partial charge in [-0.1, -0.05) is 6.92 Å². The number of hydrogen-bond acceptors (Lipinski definition) is 5. The molecule has 0 aliphatic carbocycles. The minimum absolute atomic E-state index is 0.111. The summed E-state index contributed by atoms with van der Waals surface area (Å²) in [6, 6.07) is -0.152.